The van der Waals surface area contributed by atoms with Crippen LogP contribution in [0.2, 0.25) is 0 Å². The lowest BCUT2D eigenvalue weighted by atomic mass is 9.92. The number of rotatable bonds is 3. The van der Waals surface area contributed by atoms with Crippen molar-refractivity contribution in [2.45, 2.75) is 45.3 Å². The minimum absolute atomic E-state index is 0.123. The predicted octanol–water partition coefficient (Wildman–Crippen LogP) is 2.82. The predicted molar refractivity (Wildman–Crippen MR) is 103 cm³/mol. The molecule has 0 unspecified atom stereocenters. The highest BCUT2D eigenvalue weighted by atomic mass is 19.4. The van der Waals surface area contributed by atoms with Gasteiger partial charge in [0.25, 0.3) is 11.3 Å². The summed E-state index contributed by atoms with van der Waals surface area (Å²) < 4.78 is 47.0. The van der Waals surface area contributed by atoms with E-state index in [1.165, 1.54) is 17.9 Å². The number of alkyl halides is 3. The summed E-state index contributed by atoms with van der Waals surface area (Å²) in [4.78, 5) is 30.5. The molecule has 1 amide bonds. The van der Waals surface area contributed by atoms with Gasteiger partial charge in [-0.2, -0.15) is 18.3 Å². The van der Waals surface area contributed by atoms with E-state index in [2.05, 4.69) is 15.2 Å². The van der Waals surface area contributed by atoms with Crippen LogP contribution in [0.4, 0.5) is 13.2 Å². The van der Waals surface area contributed by atoms with Crippen LogP contribution in [0.15, 0.2) is 27.5 Å². The molecule has 3 aromatic rings. The number of piperidine rings is 1. The molecule has 11 heteroatoms. The molecule has 8 nitrogen and oxygen atoms in total. The third-order valence-corrected chi connectivity index (χ3v) is 5.42. The van der Waals surface area contributed by atoms with Crippen LogP contribution in [-0.2, 0) is 17.5 Å². The molecule has 3 aromatic heterocycles. The number of carbonyl (C=O) groups is 1. The molecular formula is C20H20F3N5O3. The largest absolute Gasteiger partial charge is 0.417 e. The number of halogens is 3. The maximum Gasteiger partial charge on any atom is 0.417 e. The second-order valence-corrected chi connectivity index (χ2v) is 7.69. The number of amides is 1. The van der Waals surface area contributed by atoms with Gasteiger partial charge in [0.1, 0.15) is 6.54 Å². The van der Waals surface area contributed by atoms with E-state index in [9.17, 15) is 22.8 Å². The van der Waals surface area contributed by atoms with E-state index in [0.29, 0.717) is 25.1 Å². The van der Waals surface area contributed by atoms with Crippen molar-refractivity contribution in [1.29, 1.82) is 0 Å². The van der Waals surface area contributed by atoms with Crippen molar-refractivity contribution in [2.24, 2.45) is 0 Å². The second-order valence-electron chi connectivity index (χ2n) is 7.69. The fourth-order valence-corrected chi connectivity index (χ4v) is 3.88. The summed E-state index contributed by atoms with van der Waals surface area (Å²) in [6.45, 7) is 3.57. The van der Waals surface area contributed by atoms with E-state index in [0.717, 1.165) is 10.7 Å². The smallest absolute Gasteiger partial charge is 0.340 e. The molecule has 1 aliphatic rings. The van der Waals surface area contributed by atoms with Crippen molar-refractivity contribution < 1.29 is 22.5 Å². The molecule has 4 heterocycles. The lowest BCUT2D eigenvalue weighted by Gasteiger charge is -2.32. The van der Waals surface area contributed by atoms with Gasteiger partial charge in [0, 0.05) is 25.1 Å². The van der Waals surface area contributed by atoms with Crippen molar-refractivity contribution in [2.75, 3.05) is 13.1 Å². The molecule has 4 rings (SSSR count). The average Bonchev–Trinajstić information content (AvgIpc) is 3.10. The van der Waals surface area contributed by atoms with Crippen molar-refractivity contribution in [3.8, 4) is 0 Å². The second kappa shape index (κ2) is 7.78. The molecule has 1 fully saturated rings. The molecule has 164 valence electrons. The van der Waals surface area contributed by atoms with E-state index in [4.69, 9.17) is 4.52 Å². The molecule has 0 spiro atoms. The monoisotopic (exact) mass is 435 g/mol. The summed E-state index contributed by atoms with van der Waals surface area (Å²) >= 11 is 0. The highest BCUT2D eigenvalue weighted by Gasteiger charge is 2.37. The topological polar surface area (TPSA) is 94.1 Å². The number of hydrogen-bond donors (Lipinski definition) is 0. The van der Waals surface area contributed by atoms with Gasteiger partial charge in [0.05, 0.1) is 28.0 Å². The number of aromatic nitrogens is 4. The van der Waals surface area contributed by atoms with Gasteiger partial charge in [-0.15, -0.1) is 0 Å². The summed E-state index contributed by atoms with van der Waals surface area (Å²) in [5.74, 6) is -0.715. The zero-order valence-corrected chi connectivity index (χ0v) is 16.9. The quantitative estimate of drug-likeness (QED) is 0.628. The molecule has 0 saturated carbocycles. The SMILES string of the molecule is Cc1ccc(=O)n(CC(=O)N2CCC[C@@H](c3cc(C(F)(F)F)c4c(C)noc4n3)C2)n1. The van der Waals surface area contributed by atoms with Crippen LogP contribution in [0.3, 0.4) is 0 Å². The minimum atomic E-state index is -4.59. The normalized spacial score (nSPS) is 17.3. The number of pyridine rings is 1. The van der Waals surface area contributed by atoms with Crippen molar-refractivity contribution in [1.82, 2.24) is 24.8 Å². The molecule has 0 aliphatic carbocycles. The first kappa shape index (κ1) is 21.0. The standard InChI is InChI=1S/C20H20F3N5O3/c1-11-5-6-16(29)28(25-11)10-17(30)27-7-3-4-13(9-27)15-8-14(20(21,22)23)18-12(2)26-31-19(18)24-15/h5-6,8,13H,3-4,7,9-10H2,1-2H3/t13-/m1/s1. The van der Waals surface area contributed by atoms with Gasteiger partial charge in [-0.1, -0.05) is 5.16 Å². The number of nitrogens with zero attached hydrogens (tertiary/aromatic N) is 5. The van der Waals surface area contributed by atoms with Crippen LogP contribution < -0.4 is 5.56 Å². The summed E-state index contributed by atoms with van der Waals surface area (Å²) in [6.07, 6.45) is -3.41. The number of hydrogen-bond acceptors (Lipinski definition) is 6. The van der Waals surface area contributed by atoms with E-state index in [1.807, 2.05) is 0 Å². The maximum atomic E-state index is 13.6. The third-order valence-electron chi connectivity index (χ3n) is 5.42. The first-order valence-corrected chi connectivity index (χ1v) is 9.80. The van der Waals surface area contributed by atoms with Crippen molar-refractivity contribution in [3.05, 3.63) is 51.2 Å². The number of likely N-dealkylation sites (tertiary alicyclic amines) is 1. The van der Waals surface area contributed by atoms with Gasteiger partial charge in [0.2, 0.25) is 5.91 Å². The highest BCUT2D eigenvalue weighted by molar-refractivity contribution is 5.81. The van der Waals surface area contributed by atoms with Crippen molar-refractivity contribution >= 4 is 17.0 Å². The first-order chi connectivity index (χ1) is 14.6. The Labute approximate surface area is 174 Å². The third kappa shape index (κ3) is 4.17. The van der Waals surface area contributed by atoms with Gasteiger partial charge in [-0.25, -0.2) is 9.67 Å². The Balaban J connectivity index is 1.60. The summed E-state index contributed by atoms with van der Waals surface area (Å²) in [5.41, 5.74) is -0.470. The lowest BCUT2D eigenvalue weighted by molar-refractivity contribution is -0.136. The van der Waals surface area contributed by atoms with Gasteiger partial charge < -0.3 is 9.42 Å². The Morgan fingerprint density at radius 3 is 2.81 bits per heavy atom. The van der Waals surface area contributed by atoms with Gasteiger partial charge >= 0.3 is 6.18 Å². The van der Waals surface area contributed by atoms with E-state index < -0.39 is 23.2 Å². The molecular weight excluding hydrogens is 415 g/mol. The molecule has 31 heavy (non-hydrogen) atoms. The molecule has 1 saturated heterocycles. The molecule has 0 aromatic carbocycles. The Bertz CT molecular complexity index is 1200. The van der Waals surface area contributed by atoms with Gasteiger partial charge in [-0.05, 0) is 38.8 Å². The van der Waals surface area contributed by atoms with Crippen LogP contribution in [-0.4, -0.2) is 43.8 Å². The number of aryl methyl sites for hydroxylation is 2. The number of fused-ring (bicyclic) bond motifs is 1. The van der Waals surface area contributed by atoms with E-state index >= 15 is 0 Å². The van der Waals surface area contributed by atoms with Gasteiger partial charge in [-0.3, -0.25) is 9.59 Å². The van der Waals surface area contributed by atoms with Crippen LogP contribution in [0, 0.1) is 13.8 Å². The zero-order chi connectivity index (χ0) is 22.3. The fourth-order valence-electron chi connectivity index (χ4n) is 3.88. The first-order valence-electron chi connectivity index (χ1n) is 9.80. The van der Waals surface area contributed by atoms with Gasteiger partial charge in [0.15, 0.2) is 0 Å². The average molecular weight is 435 g/mol. The summed E-state index contributed by atoms with van der Waals surface area (Å²) in [5, 5.41) is 7.53. The van der Waals surface area contributed by atoms with Crippen molar-refractivity contribution in [3.63, 3.8) is 0 Å². The Kier molecular flexibility index (Phi) is 5.28. The summed E-state index contributed by atoms with van der Waals surface area (Å²) in [6, 6.07) is 3.93. The molecule has 0 radical (unpaired) electrons. The molecule has 1 atom stereocenters. The lowest BCUT2D eigenvalue weighted by Crippen LogP contribution is -2.42. The zero-order valence-electron chi connectivity index (χ0n) is 16.9. The minimum Gasteiger partial charge on any atom is -0.340 e. The van der Waals surface area contributed by atoms with E-state index in [-0.39, 0.29) is 41.5 Å². The van der Waals surface area contributed by atoms with Crippen LogP contribution >= 0.6 is 0 Å². The number of carbonyl (C=O) groups excluding carboxylic acids is 1. The molecule has 0 N–H and O–H groups in total. The maximum absolute atomic E-state index is 13.6. The fraction of sp³-hybridized carbons (Fsp3) is 0.450. The van der Waals surface area contributed by atoms with Crippen LogP contribution in [0.25, 0.3) is 11.1 Å². The summed E-state index contributed by atoms with van der Waals surface area (Å²) in [7, 11) is 0. The molecule has 1 aliphatic heterocycles. The van der Waals surface area contributed by atoms with E-state index in [1.54, 1.807) is 13.0 Å². The Morgan fingerprint density at radius 2 is 2.06 bits per heavy atom. The highest BCUT2D eigenvalue weighted by Crippen LogP contribution is 2.38. The Hall–Kier alpha value is -3.24. The Morgan fingerprint density at radius 1 is 1.29 bits per heavy atom. The molecule has 0 bridgehead atoms. The van der Waals surface area contributed by atoms with Crippen LogP contribution in [0.5, 0.6) is 0 Å². The van der Waals surface area contributed by atoms with Crippen LogP contribution in [0.1, 0.15) is 41.4 Å².